The van der Waals surface area contributed by atoms with Crippen molar-refractivity contribution in [2.75, 3.05) is 13.6 Å². The molecule has 17 heavy (non-hydrogen) atoms. The minimum absolute atomic E-state index is 0.397. The van der Waals surface area contributed by atoms with Gasteiger partial charge in [-0.3, -0.25) is 0 Å². The van der Waals surface area contributed by atoms with E-state index in [2.05, 4.69) is 34.5 Å². The van der Waals surface area contributed by atoms with Crippen molar-refractivity contribution in [3.8, 4) is 0 Å². The fourth-order valence-electron chi connectivity index (χ4n) is 2.41. The standard InChI is InChI=1S/C12H17IN2O2/c1-14-5-3-2-4-10(14)8-15-7-9(13)6-11(15)12(16)17/h6-7,10H,2-5,8H2,1H3,(H,16,17). The minimum atomic E-state index is -0.841. The highest BCUT2D eigenvalue weighted by molar-refractivity contribution is 14.1. The van der Waals surface area contributed by atoms with E-state index in [-0.39, 0.29) is 0 Å². The Bertz CT molecular complexity index is 417. The fourth-order valence-corrected chi connectivity index (χ4v) is 3.04. The average molecular weight is 348 g/mol. The van der Waals surface area contributed by atoms with Gasteiger partial charge in [-0.25, -0.2) is 4.79 Å². The van der Waals surface area contributed by atoms with Crippen molar-refractivity contribution in [2.45, 2.75) is 31.8 Å². The highest BCUT2D eigenvalue weighted by atomic mass is 127. The van der Waals surface area contributed by atoms with Gasteiger partial charge in [0.15, 0.2) is 0 Å². The van der Waals surface area contributed by atoms with E-state index in [0.29, 0.717) is 11.7 Å². The van der Waals surface area contributed by atoms with Crippen LogP contribution in [0.5, 0.6) is 0 Å². The van der Waals surface area contributed by atoms with E-state index in [1.54, 1.807) is 6.07 Å². The second-order valence-corrected chi connectivity index (χ2v) is 5.88. The summed E-state index contributed by atoms with van der Waals surface area (Å²) in [5.74, 6) is -0.841. The Hall–Kier alpha value is -0.560. The molecule has 1 atom stereocenters. The van der Waals surface area contributed by atoms with E-state index in [0.717, 1.165) is 23.1 Å². The quantitative estimate of drug-likeness (QED) is 0.853. The van der Waals surface area contributed by atoms with Crippen LogP contribution in [0, 0.1) is 3.57 Å². The molecule has 2 heterocycles. The molecule has 5 heteroatoms. The monoisotopic (exact) mass is 348 g/mol. The molecule has 4 nitrogen and oxygen atoms in total. The molecule has 1 aliphatic heterocycles. The molecule has 1 unspecified atom stereocenters. The number of carbonyl (C=O) groups is 1. The molecule has 1 aromatic heterocycles. The molecule has 94 valence electrons. The number of likely N-dealkylation sites (N-methyl/N-ethyl adjacent to an activating group) is 1. The van der Waals surface area contributed by atoms with Crippen LogP contribution < -0.4 is 0 Å². The number of aromatic nitrogens is 1. The molecule has 0 bridgehead atoms. The Morgan fingerprint density at radius 1 is 1.59 bits per heavy atom. The van der Waals surface area contributed by atoms with Crippen LogP contribution in [-0.4, -0.2) is 40.2 Å². The molecular formula is C12H17IN2O2. The first-order valence-corrected chi connectivity index (χ1v) is 6.95. The second kappa shape index (κ2) is 5.39. The van der Waals surface area contributed by atoms with E-state index in [1.807, 2.05) is 10.8 Å². The number of aromatic carboxylic acids is 1. The van der Waals surface area contributed by atoms with Crippen LogP contribution in [-0.2, 0) is 6.54 Å². The van der Waals surface area contributed by atoms with E-state index in [1.165, 1.54) is 12.8 Å². The zero-order valence-electron chi connectivity index (χ0n) is 9.90. The summed E-state index contributed by atoms with van der Waals surface area (Å²) in [6, 6.07) is 2.19. The maximum Gasteiger partial charge on any atom is 0.352 e. The number of hydrogen-bond donors (Lipinski definition) is 1. The van der Waals surface area contributed by atoms with Gasteiger partial charge in [-0.05, 0) is 55.1 Å². The molecule has 0 spiro atoms. The highest BCUT2D eigenvalue weighted by Gasteiger charge is 2.21. The van der Waals surface area contributed by atoms with Gasteiger partial charge in [-0.1, -0.05) is 6.42 Å². The maximum absolute atomic E-state index is 11.1. The van der Waals surface area contributed by atoms with E-state index in [9.17, 15) is 4.79 Å². The van der Waals surface area contributed by atoms with Gasteiger partial charge in [-0.15, -0.1) is 0 Å². The Labute approximate surface area is 115 Å². The molecule has 2 rings (SSSR count). The number of carboxylic acids is 1. The number of hydrogen-bond acceptors (Lipinski definition) is 2. The van der Waals surface area contributed by atoms with Crippen molar-refractivity contribution in [2.24, 2.45) is 0 Å². The Kier molecular flexibility index (Phi) is 4.09. The SMILES string of the molecule is CN1CCCCC1Cn1cc(I)cc1C(=O)O. The van der Waals surface area contributed by atoms with Gasteiger partial charge in [0.2, 0.25) is 0 Å². The largest absolute Gasteiger partial charge is 0.477 e. The van der Waals surface area contributed by atoms with Crippen LogP contribution in [0.4, 0.5) is 0 Å². The van der Waals surface area contributed by atoms with Crippen LogP contribution in [0.1, 0.15) is 29.8 Å². The Balaban J connectivity index is 2.14. The van der Waals surface area contributed by atoms with Gasteiger partial charge in [0.05, 0.1) is 0 Å². The van der Waals surface area contributed by atoms with Crippen LogP contribution in [0.25, 0.3) is 0 Å². The molecule has 0 amide bonds. The zero-order valence-corrected chi connectivity index (χ0v) is 12.1. The second-order valence-electron chi connectivity index (χ2n) is 4.63. The first kappa shape index (κ1) is 12.9. The molecule has 1 aromatic rings. The van der Waals surface area contributed by atoms with Crippen molar-refractivity contribution in [1.29, 1.82) is 0 Å². The van der Waals surface area contributed by atoms with E-state index in [4.69, 9.17) is 5.11 Å². The van der Waals surface area contributed by atoms with Gasteiger partial charge in [-0.2, -0.15) is 0 Å². The van der Waals surface area contributed by atoms with Crippen molar-refractivity contribution in [3.63, 3.8) is 0 Å². The van der Waals surface area contributed by atoms with Crippen LogP contribution >= 0.6 is 22.6 Å². The predicted octanol–water partition coefficient (Wildman–Crippen LogP) is 2.28. The predicted molar refractivity (Wildman–Crippen MR) is 74.4 cm³/mol. The molecule has 0 aliphatic carbocycles. The summed E-state index contributed by atoms with van der Waals surface area (Å²) in [7, 11) is 2.12. The number of rotatable bonds is 3. The highest BCUT2D eigenvalue weighted by Crippen LogP contribution is 2.19. The Morgan fingerprint density at radius 3 is 3.00 bits per heavy atom. The number of nitrogens with zero attached hydrogens (tertiary/aromatic N) is 2. The summed E-state index contributed by atoms with van der Waals surface area (Å²) in [6.45, 7) is 1.90. The van der Waals surface area contributed by atoms with Crippen molar-refractivity contribution in [1.82, 2.24) is 9.47 Å². The number of halogens is 1. The summed E-state index contributed by atoms with van der Waals surface area (Å²) < 4.78 is 2.86. The summed E-state index contributed by atoms with van der Waals surface area (Å²) in [5.41, 5.74) is 0.397. The Morgan fingerprint density at radius 2 is 2.35 bits per heavy atom. The lowest BCUT2D eigenvalue weighted by Crippen LogP contribution is -2.39. The maximum atomic E-state index is 11.1. The summed E-state index contributed by atoms with van der Waals surface area (Å²) >= 11 is 2.16. The fraction of sp³-hybridized carbons (Fsp3) is 0.583. The van der Waals surface area contributed by atoms with Gasteiger partial charge in [0.25, 0.3) is 0 Å². The summed E-state index contributed by atoms with van der Waals surface area (Å²) in [4.78, 5) is 13.5. The molecule has 1 saturated heterocycles. The van der Waals surface area contributed by atoms with Crippen LogP contribution in [0.15, 0.2) is 12.3 Å². The third-order valence-corrected chi connectivity index (χ3v) is 4.00. The normalized spacial score (nSPS) is 21.6. The number of carboxylic acid groups (broad SMARTS) is 1. The van der Waals surface area contributed by atoms with Gasteiger partial charge < -0.3 is 14.6 Å². The molecule has 0 aromatic carbocycles. The van der Waals surface area contributed by atoms with Gasteiger partial charge in [0, 0.05) is 22.4 Å². The topological polar surface area (TPSA) is 45.5 Å². The van der Waals surface area contributed by atoms with Crippen molar-refractivity contribution < 1.29 is 9.90 Å². The van der Waals surface area contributed by atoms with Crippen LogP contribution in [0.2, 0.25) is 0 Å². The molecule has 0 radical (unpaired) electrons. The van der Waals surface area contributed by atoms with Gasteiger partial charge >= 0.3 is 5.97 Å². The molecule has 1 fully saturated rings. The van der Waals surface area contributed by atoms with E-state index < -0.39 is 5.97 Å². The third-order valence-electron chi connectivity index (χ3n) is 3.41. The first-order chi connectivity index (χ1) is 8.08. The average Bonchev–Trinajstić information content (AvgIpc) is 2.63. The van der Waals surface area contributed by atoms with E-state index >= 15 is 0 Å². The third kappa shape index (κ3) is 3.01. The summed E-state index contributed by atoms with van der Waals surface area (Å²) in [5, 5.41) is 9.14. The summed E-state index contributed by atoms with van der Waals surface area (Å²) in [6.07, 6.45) is 5.58. The minimum Gasteiger partial charge on any atom is -0.477 e. The first-order valence-electron chi connectivity index (χ1n) is 5.87. The lowest BCUT2D eigenvalue weighted by atomic mass is 10.0. The molecule has 1 N–H and O–H groups in total. The number of piperidine rings is 1. The molecular weight excluding hydrogens is 331 g/mol. The van der Waals surface area contributed by atoms with Crippen molar-refractivity contribution >= 4 is 28.6 Å². The van der Waals surface area contributed by atoms with Gasteiger partial charge in [0.1, 0.15) is 5.69 Å². The number of likely N-dealkylation sites (tertiary alicyclic amines) is 1. The zero-order chi connectivity index (χ0) is 12.4. The molecule has 0 saturated carbocycles. The molecule has 1 aliphatic rings. The lowest BCUT2D eigenvalue weighted by Gasteiger charge is -2.32. The smallest absolute Gasteiger partial charge is 0.352 e. The van der Waals surface area contributed by atoms with Crippen molar-refractivity contribution in [3.05, 3.63) is 21.5 Å². The lowest BCUT2D eigenvalue weighted by molar-refractivity contribution is 0.0681. The van der Waals surface area contributed by atoms with Crippen LogP contribution in [0.3, 0.4) is 0 Å².